The number of hydrogen-bond donors (Lipinski definition) is 1. The number of rotatable bonds is 3. The van der Waals surface area contributed by atoms with E-state index in [2.05, 4.69) is 26.1 Å². The fourth-order valence-electron chi connectivity index (χ4n) is 2.52. The molecule has 1 aliphatic rings. The van der Waals surface area contributed by atoms with Gasteiger partial charge in [0.25, 0.3) is 0 Å². The van der Waals surface area contributed by atoms with Crippen molar-refractivity contribution in [1.82, 2.24) is 5.32 Å². The maximum Gasteiger partial charge on any atom is 0.407 e. The number of nitrogens with zero attached hydrogens (tertiary/aromatic N) is 1. The highest BCUT2D eigenvalue weighted by molar-refractivity contribution is 9.10. The van der Waals surface area contributed by atoms with Crippen LogP contribution in [0.25, 0.3) is 0 Å². The van der Waals surface area contributed by atoms with Crippen molar-refractivity contribution in [1.29, 1.82) is 0 Å². The Morgan fingerprint density at radius 2 is 2.18 bits per heavy atom. The minimum Gasteiger partial charge on any atom is -0.444 e. The number of carbonyl (C=O) groups excluding carboxylic acids is 2. The first-order chi connectivity index (χ1) is 10.3. The zero-order valence-corrected chi connectivity index (χ0v) is 14.6. The molecule has 0 spiro atoms. The molecule has 1 heterocycles. The van der Waals surface area contributed by atoms with Gasteiger partial charge in [-0.3, -0.25) is 4.79 Å². The molecule has 0 aromatic heterocycles. The Morgan fingerprint density at radius 1 is 1.45 bits per heavy atom. The van der Waals surface area contributed by atoms with Crippen molar-refractivity contribution < 1.29 is 14.3 Å². The number of amides is 1. The van der Waals surface area contributed by atoms with E-state index in [4.69, 9.17) is 4.74 Å². The first kappa shape index (κ1) is 16.8. The normalized spacial score (nSPS) is 18.2. The van der Waals surface area contributed by atoms with Crippen LogP contribution in [0.2, 0.25) is 0 Å². The van der Waals surface area contributed by atoms with Crippen molar-refractivity contribution in [2.24, 2.45) is 0 Å². The first-order valence-electron chi connectivity index (χ1n) is 7.28. The molecule has 2 rings (SSSR count). The molecule has 1 aromatic carbocycles. The number of ether oxygens (including phenoxy) is 1. The third-order valence-electron chi connectivity index (χ3n) is 3.37. The van der Waals surface area contributed by atoms with Crippen LogP contribution in [-0.4, -0.2) is 37.1 Å². The van der Waals surface area contributed by atoms with Crippen molar-refractivity contribution in [3.63, 3.8) is 0 Å². The predicted octanol–water partition coefficient (Wildman–Crippen LogP) is 3.37. The lowest BCUT2D eigenvalue weighted by Crippen LogP contribution is -2.40. The van der Waals surface area contributed by atoms with E-state index >= 15 is 0 Å². The number of alkyl carbamates (subject to hydrolysis) is 1. The molecule has 1 aliphatic heterocycles. The quantitative estimate of drug-likeness (QED) is 0.830. The SMILES string of the molecule is CC(C)(C)OC(=O)NC1CCN(c2c(Br)cccc2C=O)C1. The summed E-state index contributed by atoms with van der Waals surface area (Å²) in [5.74, 6) is 0. The van der Waals surface area contributed by atoms with Gasteiger partial charge in [0.2, 0.25) is 0 Å². The molecule has 0 radical (unpaired) electrons. The zero-order valence-electron chi connectivity index (χ0n) is 13.1. The van der Waals surface area contributed by atoms with Gasteiger partial charge in [0.1, 0.15) is 5.60 Å². The van der Waals surface area contributed by atoms with E-state index in [1.807, 2.05) is 32.9 Å². The van der Waals surface area contributed by atoms with E-state index in [1.54, 1.807) is 6.07 Å². The Balaban J connectivity index is 2.02. The lowest BCUT2D eigenvalue weighted by molar-refractivity contribution is 0.0509. The van der Waals surface area contributed by atoms with Gasteiger partial charge in [0.15, 0.2) is 6.29 Å². The Hall–Kier alpha value is -1.56. The summed E-state index contributed by atoms with van der Waals surface area (Å²) in [7, 11) is 0. The molecule has 1 atom stereocenters. The number of aldehydes is 1. The highest BCUT2D eigenvalue weighted by atomic mass is 79.9. The number of anilines is 1. The van der Waals surface area contributed by atoms with Gasteiger partial charge in [-0.25, -0.2) is 4.79 Å². The van der Waals surface area contributed by atoms with Crippen LogP contribution in [0.1, 0.15) is 37.6 Å². The van der Waals surface area contributed by atoms with E-state index in [0.29, 0.717) is 12.1 Å². The van der Waals surface area contributed by atoms with E-state index < -0.39 is 11.7 Å². The molecular formula is C16H21BrN2O3. The van der Waals surface area contributed by atoms with Crippen LogP contribution >= 0.6 is 15.9 Å². The van der Waals surface area contributed by atoms with Crippen LogP contribution < -0.4 is 10.2 Å². The lowest BCUT2D eigenvalue weighted by atomic mass is 10.2. The van der Waals surface area contributed by atoms with Crippen LogP contribution in [0.3, 0.4) is 0 Å². The molecule has 1 N–H and O–H groups in total. The molecule has 1 aromatic rings. The molecule has 1 fully saturated rings. The fraction of sp³-hybridized carbons (Fsp3) is 0.500. The van der Waals surface area contributed by atoms with E-state index in [-0.39, 0.29) is 6.04 Å². The summed E-state index contributed by atoms with van der Waals surface area (Å²) in [5, 5.41) is 2.89. The van der Waals surface area contributed by atoms with Gasteiger partial charge in [-0.15, -0.1) is 0 Å². The van der Waals surface area contributed by atoms with Crippen LogP contribution in [-0.2, 0) is 4.74 Å². The number of hydrogen-bond acceptors (Lipinski definition) is 4. The average Bonchev–Trinajstić information content (AvgIpc) is 2.83. The molecule has 5 nitrogen and oxygen atoms in total. The number of para-hydroxylation sites is 1. The van der Waals surface area contributed by atoms with Gasteiger partial charge < -0.3 is 15.0 Å². The number of carbonyl (C=O) groups is 2. The monoisotopic (exact) mass is 368 g/mol. The number of halogens is 1. The smallest absolute Gasteiger partial charge is 0.407 e. The fourth-order valence-corrected chi connectivity index (χ4v) is 3.15. The number of nitrogens with one attached hydrogen (secondary N) is 1. The van der Waals surface area contributed by atoms with E-state index in [1.165, 1.54) is 0 Å². The van der Waals surface area contributed by atoms with Gasteiger partial charge in [0, 0.05) is 23.1 Å². The zero-order chi connectivity index (χ0) is 16.3. The molecular weight excluding hydrogens is 348 g/mol. The number of benzene rings is 1. The summed E-state index contributed by atoms with van der Waals surface area (Å²) in [6.07, 6.45) is 1.27. The topological polar surface area (TPSA) is 58.6 Å². The van der Waals surface area contributed by atoms with Crippen LogP contribution in [0, 0.1) is 0 Å². The largest absolute Gasteiger partial charge is 0.444 e. The Bertz CT molecular complexity index is 569. The molecule has 120 valence electrons. The van der Waals surface area contributed by atoms with E-state index in [9.17, 15) is 9.59 Å². The van der Waals surface area contributed by atoms with Gasteiger partial charge in [-0.2, -0.15) is 0 Å². The minimum atomic E-state index is -0.504. The maximum absolute atomic E-state index is 11.8. The molecule has 0 aliphatic carbocycles. The van der Waals surface area contributed by atoms with Crippen LogP contribution in [0.15, 0.2) is 22.7 Å². The van der Waals surface area contributed by atoms with Gasteiger partial charge in [-0.05, 0) is 55.3 Å². The third-order valence-corrected chi connectivity index (χ3v) is 4.01. The van der Waals surface area contributed by atoms with Crippen LogP contribution in [0.4, 0.5) is 10.5 Å². The molecule has 22 heavy (non-hydrogen) atoms. The third kappa shape index (κ3) is 4.22. The van der Waals surface area contributed by atoms with Crippen molar-refractivity contribution in [2.75, 3.05) is 18.0 Å². The highest BCUT2D eigenvalue weighted by Gasteiger charge is 2.28. The summed E-state index contributed by atoms with van der Waals surface area (Å²) < 4.78 is 6.16. The van der Waals surface area contributed by atoms with Gasteiger partial charge in [0.05, 0.1) is 11.7 Å². The molecule has 6 heteroatoms. The molecule has 0 bridgehead atoms. The van der Waals surface area contributed by atoms with Gasteiger partial charge in [-0.1, -0.05) is 6.07 Å². The summed E-state index contributed by atoms with van der Waals surface area (Å²) in [5.41, 5.74) is 1.02. The molecule has 1 unspecified atom stereocenters. The van der Waals surface area contributed by atoms with Crippen molar-refractivity contribution in [2.45, 2.75) is 38.8 Å². The second-order valence-electron chi connectivity index (χ2n) is 6.37. The Kier molecular flexibility index (Phi) is 5.11. The average molecular weight is 369 g/mol. The molecule has 1 amide bonds. The Labute approximate surface area is 139 Å². The summed E-state index contributed by atoms with van der Waals surface area (Å²) in [6.45, 7) is 6.95. The first-order valence-corrected chi connectivity index (χ1v) is 8.07. The van der Waals surface area contributed by atoms with Gasteiger partial charge >= 0.3 is 6.09 Å². The standard InChI is InChI=1S/C16H21BrN2O3/c1-16(2,3)22-15(21)18-12-7-8-19(9-12)14-11(10-20)5-4-6-13(14)17/h4-6,10,12H,7-9H2,1-3H3,(H,18,21). The second-order valence-corrected chi connectivity index (χ2v) is 7.23. The maximum atomic E-state index is 11.8. The summed E-state index contributed by atoms with van der Waals surface area (Å²) in [4.78, 5) is 25.2. The summed E-state index contributed by atoms with van der Waals surface area (Å²) >= 11 is 3.50. The Morgan fingerprint density at radius 3 is 2.82 bits per heavy atom. The molecule has 0 saturated carbocycles. The molecule has 1 saturated heterocycles. The van der Waals surface area contributed by atoms with Crippen molar-refractivity contribution >= 4 is 34.0 Å². The second kappa shape index (κ2) is 6.69. The highest BCUT2D eigenvalue weighted by Crippen LogP contribution is 2.31. The minimum absolute atomic E-state index is 0.0152. The predicted molar refractivity (Wildman–Crippen MR) is 89.5 cm³/mol. The lowest BCUT2D eigenvalue weighted by Gasteiger charge is -2.23. The van der Waals surface area contributed by atoms with E-state index in [0.717, 1.165) is 29.4 Å². The van der Waals surface area contributed by atoms with Crippen LogP contribution in [0.5, 0.6) is 0 Å². The van der Waals surface area contributed by atoms with Crippen molar-refractivity contribution in [3.05, 3.63) is 28.2 Å². The van der Waals surface area contributed by atoms with Crippen molar-refractivity contribution in [3.8, 4) is 0 Å². The summed E-state index contributed by atoms with van der Waals surface area (Å²) in [6, 6.07) is 5.56.